The van der Waals surface area contributed by atoms with Crippen LogP contribution in [0.5, 0.6) is 0 Å². The number of hydrogen-bond acceptors (Lipinski definition) is 3. The second-order valence-electron chi connectivity index (χ2n) is 4.78. The standard InChI is InChI=1S/C14H17ClN2O/c15-9-3-5-11-6-4-10-17(11)14-16-12-7-1-2-8-13(12)18-14/h1-2,7-8,11H,3-6,9-10H2. The fourth-order valence-corrected chi connectivity index (χ4v) is 2.84. The fraction of sp³-hybridized carbons (Fsp3) is 0.500. The van der Waals surface area contributed by atoms with Crippen molar-refractivity contribution in [3.05, 3.63) is 24.3 Å². The molecule has 1 unspecified atom stereocenters. The molecule has 0 spiro atoms. The molecule has 2 heterocycles. The van der Waals surface area contributed by atoms with Crippen molar-refractivity contribution in [2.75, 3.05) is 17.3 Å². The van der Waals surface area contributed by atoms with Gasteiger partial charge < -0.3 is 9.32 Å². The van der Waals surface area contributed by atoms with Gasteiger partial charge in [-0.15, -0.1) is 11.6 Å². The van der Waals surface area contributed by atoms with Crippen LogP contribution in [0, 0.1) is 0 Å². The Bertz CT molecular complexity index is 492. The van der Waals surface area contributed by atoms with Crippen LogP contribution in [0.2, 0.25) is 0 Å². The highest BCUT2D eigenvalue weighted by Crippen LogP contribution is 2.30. The molecule has 0 amide bonds. The number of aromatic nitrogens is 1. The van der Waals surface area contributed by atoms with Gasteiger partial charge in [0.05, 0.1) is 0 Å². The molecule has 1 aliphatic heterocycles. The van der Waals surface area contributed by atoms with E-state index in [0.717, 1.165) is 42.4 Å². The molecule has 18 heavy (non-hydrogen) atoms. The van der Waals surface area contributed by atoms with Gasteiger partial charge in [0.25, 0.3) is 6.01 Å². The monoisotopic (exact) mass is 264 g/mol. The number of hydrogen-bond donors (Lipinski definition) is 0. The van der Waals surface area contributed by atoms with Gasteiger partial charge in [-0.25, -0.2) is 0 Å². The summed E-state index contributed by atoms with van der Waals surface area (Å²) >= 11 is 5.78. The quantitative estimate of drug-likeness (QED) is 0.787. The minimum atomic E-state index is 0.539. The lowest BCUT2D eigenvalue weighted by molar-refractivity contribution is 0.528. The molecule has 0 N–H and O–H groups in total. The van der Waals surface area contributed by atoms with Crippen LogP contribution in [0.25, 0.3) is 11.1 Å². The number of rotatable bonds is 4. The summed E-state index contributed by atoms with van der Waals surface area (Å²) in [5.74, 6) is 0.734. The Balaban J connectivity index is 1.84. The van der Waals surface area contributed by atoms with Gasteiger partial charge in [0.2, 0.25) is 0 Å². The summed E-state index contributed by atoms with van der Waals surface area (Å²) in [6.45, 7) is 1.04. The number of alkyl halides is 1. The van der Waals surface area contributed by atoms with E-state index in [1.165, 1.54) is 12.8 Å². The summed E-state index contributed by atoms with van der Waals surface area (Å²) in [6.07, 6.45) is 4.62. The maximum atomic E-state index is 5.84. The van der Waals surface area contributed by atoms with Gasteiger partial charge in [0.1, 0.15) is 5.52 Å². The molecule has 2 aromatic rings. The van der Waals surface area contributed by atoms with Crippen LogP contribution in [0.1, 0.15) is 25.7 Å². The maximum absolute atomic E-state index is 5.84. The minimum absolute atomic E-state index is 0.539. The van der Waals surface area contributed by atoms with Gasteiger partial charge in [0.15, 0.2) is 5.58 Å². The van der Waals surface area contributed by atoms with E-state index in [1.807, 2.05) is 24.3 Å². The van der Waals surface area contributed by atoms with E-state index in [0.29, 0.717) is 6.04 Å². The smallest absolute Gasteiger partial charge is 0.298 e. The molecule has 1 atom stereocenters. The molecule has 1 aliphatic rings. The predicted molar refractivity (Wildman–Crippen MR) is 74.3 cm³/mol. The van der Waals surface area contributed by atoms with Gasteiger partial charge in [-0.1, -0.05) is 12.1 Å². The molecule has 3 nitrogen and oxygen atoms in total. The number of para-hydroxylation sites is 2. The number of oxazole rings is 1. The maximum Gasteiger partial charge on any atom is 0.298 e. The Kier molecular flexibility index (Phi) is 3.41. The number of halogens is 1. The molecule has 1 saturated heterocycles. The number of benzene rings is 1. The highest BCUT2D eigenvalue weighted by molar-refractivity contribution is 6.17. The van der Waals surface area contributed by atoms with E-state index in [9.17, 15) is 0 Å². The molecule has 1 fully saturated rings. The molecule has 0 saturated carbocycles. The van der Waals surface area contributed by atoms with Gasteiger partial charge >= 0.3 is 0 Å². The van der Waals surface area contributed by atoms with Crippen molar-refractivity contribution in [2.45, 2.75) is 31.7 Å². The topological polar surface area (TPSA) is 29.3 Å². The lowest BCUT2D eigenvalue weighted by Crippen LogP contribution is -2.29. The van der Waals surface area contributed by atoms with Gasteiger partial charge in [-0.2, -0.15) is 4.98 Å². The average molecular weight is 265 g/mol. The van der Waals surface area contributed by atoms with Crippen LogP contribution >= 0.6 is 11.6 Å². The average Bonchev–Trinajstić information content (AvgIpc) is 3.01. The summed E-state index contributed by atoms with van der Waals surface area (Å²) in [6, 6.07) is 9.24. The first-order valence-electron chi connectivity index (χ1n) is 6.56. The zero-order valence-electron chi connectivity index (χ0n) is 10.3. The highest BCUT2D eigenvalue weighted by atomic mass is 35.5. The van der Waals surface area contributed by atoms with Gasteiger partial charge in [-0.3, -0.25) is 0 Å². The third-order valence-corrected chi connectivity index (χ3v) is 3.84. The molecule has 4 heteroatoms. The largest absolute Gasteiger partial charge is 0.423 e. The van der Waals surface area contributed by atoms with Gasteiger partial charge in [-0.05, 0) is 37.8 Å². The van der Waals surface area contributed by atoms with Crippen LogP contribution in [0.15, 0.2) is 28.7 Å². The van der Waals surface area contributed by atoms with Gasteiger partial charge in [0, 0.05) is 18.5 Å². The van der Waals surface area contributed by atoms with E-state index < -0.39 is 0 Å². The molecule has 0 radical (unpaired) electrons. The second kappa shape index (κ2) is 5.19. The summed E-state index contributed by atoms with van der Waals surface area (Å²) in [4.78, 5) is 6.88. The van der Waals surface area contributed by atoms with Crippen molar-refractivity contribution < 1.29 is 4.42 Å². The van der Waals surface area contributed by atoms with Crippen molar-refractivity contribution in [1.82, 2.24) is 4.98 Å². The zero-order chi connectivity index (χ0) is 12.4. The summed E-state index contributed by atoms with van der Waals surface area (Å²) in [5.41, 5.74) is 1.81. The number of anilines is 1. The second-order valence-corrected chi connectivity index (χ2v) is 5.16. The molecule has 1 aromatic carbocycles. The van der Waals surface area contributed by atoms with Crippen LogP contribution in [0.4, 0.5) is 6.01 Å². The molecule has 1 aromatic heterocycles. The van der Waals surface area contributed by atoms with E-state index >= 15 is 0 Å². The lowest BCUT2D eigenvalue weighted by atomic mass is 10.1. The SMILES string of the molecule is ClCCCC1CCCN1c1nc2ccccc2o1. The summed E-state index contributed by atoms with van der Waals surface area (Å²) < 4.78 is 5.84. The third kappa shape index (κ3) is 2.19. The first-order valence-corrected chi connectivity index (χ1v) is 7.10. The van der Waals surface area contributed by atoms with E-state index in [-0.39, 0.29) is 0 Å². The highest BCUT2D eigenvalue weighted by Gasteiger charge is 2.27. The van der Waals surface area contributed by atoms with Crippen molar-refractivity contribution in [2.24, 2.45) is 0 Å². The predicted octanol–water partition coefficient (Wildman–Crippen LogP) is 3.82. The van der Waals surface area contributed by atoms with Crippen molar-refractivity contribution in [3.63, 3.8) is 0 Å². The first kappa shape index (κ1) is 11.8. The van der Waals surface area contributed by atoms with E-state index in [4.69, 9.17) is 16.0 Å². The lowest BCUT2D eigenvalue weighted by Gasteiger charge is -2.22. The Morgan fingerprint density at radius 3 is 3.11 bits per heavy atom. The Morgan fingerprint density at radius 2 is 2.28 bits per heavy atom. The van der Waals surface area contributed by atoms with E-state index in [1.54, 1.807) is 0 Å². The van der Waals surface area contributed by atoms with Crippen LogP contribution < -0.4 is 4.90 Å². The Labute approximate surface area is 112 Å². The van der Waals surface area contributed by atoms with Crippen molar-refractivity contribution in [1.29, 1.82) is 0 Å². The molecule has 0 bridgehead atoms. The number of fused-ring (bicyclic) bond motifs is 1. The van der Waals surface area contributed by atoms with E-state index in [2.05, 4.69) is 9.88 Å². The molecule has 96 valence electrons. The van der Waals surface area contributed by atoms with Crippen LogP contribution in [-0.2, 0) is 0 Å². The summed E-state index contributed by atoms with van der Waals surface area (Å²) in [7, 11) is 0. The van der Waals surface area contributed by atoms with Crippen molar-refractivity contribution in [3.8, 4) is 0 Å². The molecule has 0 aliphatic carbocycles. The van der Waals surface area contributed by atoms with Crippen LogP contribution in [0.3, 0.4) is 0 Å². The fourth-order valence-electron chi connectivity index (χ4n) is 2.68. The molecular weight excluding hydrogens is 248 g/mol. The van der Waals surface area contributed by atoms with Crippen LogP contribution in [-0.4, -0.2) is 23.5 Å². The first-order chi connectivity index (χ1) is 8.88. The Hall–Kier alpha value is -1.22. The normalized spacial score (nSPS) is 19.8. The molecular formula is C14H17ClN2O. The minimum Gasteiger partial charge on any atom is -0.423 e. The third-order valence-electron chi connectivity index (χ3n) is 3.58. The number of nitrogens with zero attached hydrogens (tertiary/aromatic N) is 2. The Morgan fingerprint density at radius 1 is 1.39 bits per heavy atom. The zero-order valence-corrected chi connectivity index (χ0v) is 11.1. The van der Waals surface area contributed by atoms with Crippen molar-refractivity contribution >= 4 is 28.7 Å². The molecule has 3 rings (SSSR count). The summed E-state index contributed by atoms with van der Waals surface area (Å²) in [5, 5.41) is 0.